The van der Waals surface area contributed by atoms with Gasteiger partial charge < -0.3 is 5.32 Å². The molecule has 1 N–H and O–H groups in total. The molecule has 1 heterocycles. The molecule has 0 aliphatic heterocycles. The van der Waals surface area contributed by atoms with E-state index in [1.54, 1.807) is 17.8 Å². The fourth-order valence-electron chi connectivity index (χ4n) is 2.19. The van der Waals surface area contributed by atoms with E-state index in [4.69, 9.17) is 0 Å². The van der Waals surface area contributed by atoms with Gasteiger partial charge in [0, 0.05) is 23.5 Å². The molecule has 3 aromatic rings. The van der Waals surface area contributed by atoms with Gasteiger partial charge in [0.2, 0.25) is 5.91 Å². The number of anilines is 1. The standard InChI is InChI=1S/C17H15N5O3S/c1-12(16(23)19-13-7-9-15(10-8-13)22(24)25)26-17-20-18-11-21(17)14-5-3-2-4-6-14/h2-12H,1H3,(H,19,23)/t12-/m1/s1. The molecule has 0 spiro atoms. The fourth-order valence-corrected chi connectivity index (χ4v) is 3.04. The minimum atomic E-state index is -0.486. The van der Waals surface area contributed by atoms with Gasteiger partial charge in [-0.2, -0.15) is 0 Å². The third-order valence-electron chi connectivity index (χ3n) is 3.55. The topological polar surface area (TPSA) is 103 Å². The number of nitrogens with zero attached hydrogens (tertiary/aromatic N) is 4. The third kappa shape index (κ3) is 4.06. The summed E-state index contributed by atoms with van der Waals surface area (Å²) in [5.41, 5.74) is 1.38. The van der Waals surface area contributed by atoms with Gasteiger partial charge >= 0.3 is 0 Å². The van der Waals surface area contributed by atoms with Crippen molar-refractivity contribution in [3.63, 3.8) is 0 Å². The van der Waals surface area contributed by atoms with E-state index in [-0.39, 0.29) is 11.6 Å². The van der Waals surface area contributed by atoms with Crippen LogP contribution in [0, 0.1) is 10.1 Å². The molecule has 0 aliphatic carbocycles. The van der Waals surface area contributed by atoms with Gasteiger partial charge in [0.1, 0.15) is 6.33 Å². The van der Waals surface area contributed by atoms with E-state index in [0.717, 1.165) is 5.69 Å². The summed E-state index contributed by atoms with van der Waals surface area (Å²) in [5, 5.41) is 21.6. The maximum atomic E-state index is 12.4. The first-order valence-electron chi connectivity index (χ1n) is 7.72. The number of para-hydroxylation sites is 1. The van der Waals surface area contributed by atoms with E-state index >= 15 is 0 Å². The van der Waals surface area contributed by atoms with Crippen molar-refractivity contribution in [1.82, 2.24) is 14.8 Å². The lowest BCUT2D eigenvalue weighted by Gasteiger charge is -2.12. The second-order valence-electron chi connectivity index (χ2n) is 5.37. The van der Waals surface area contributed by atoms with Crippen LogP contribution in [0.25, 0.3) is 5.69 Å². The Kier molecular flexibility index (Phi) is 5.28. The fraction of sp³-hybridized carbons (Fsp3) is 0.118. The SMILES string of the molecule is C[C@@H](Sc1nncn1-c1ccccc1)C(=O)Nc1ccc([N+](=O)[O-])cc1. The molecular weight excluding hydrogens is 354 g/mol. The molecule has 0 saturated carbocycles. The Morgan fingerprint density at radius 3 is 2.54 bits per heavy atom. The van der Waals surface area contributed by atoms with Crippen LogP contribution >= 0.6 is 11.8 Å². The summed E-state index contributed by atoms with van der Waals surface area (Å²) in [6.45, 7) is 1.76. The Hall–Kier alpha value is -3.20. The molecule has 132 valence electrons. The number of non-ortho nitro benzene ring substituents is 1. The van der Waals surface area contributed by atoms with Crippen LogP contribution in [-0.2, 0) is 4.79 Å². The quantitative estimate of drug-likeness (QED) is 0.406. The number of nitro groups is 1. The highest BCUT2D eigenvalue weighted by Gasteiger charge is 2.19. The van der Waals surface area contributed by atoms with Crippen LogP contribution in [-0.4, -0.2) is 30.8 Å². The lowest BCUT2D eigenvalue weighted by Crippen LogP contribution is -2.22. The molecule has 0 fully saturated rings. The molecule has 0 aliphatic rings. The molecule has 2 aromatic carbocycles. The maximum absolute atomic E-state index is 12.4. The summed E-state index contributed by atoms with van der Waals surface area (Å²) in [5.74, 6) is -0.230. The zero-order chi connectivity index (χ0) is 18.5. The first-order chi connectivity index (χ1) is 12.5. The van der Waals surface area contributed by atoms with Gasteiger partial charge in [-0.25, -0.2) is 0 Å². The number of carbonyl (C=O) groups excluding carboxylic acids is 1. The summed E-state index contributed by atoms with van der Waals surface area (Å²) < 4.78 is 1.81. The smallest absolute Gasteiger partial charge is 0.269 e. The Labute approximate surface area is 153 Å². The highest BCUT2D eigenvalue weighted by atomic mass is 32.2. The minimum absolute atomic E-state index is 0.0265. The van der Waals surface area contributed by atoms with Crippen molar-refractivity contribution in [3.05, 3.63) is 71.0 Å². The zero-order valence-electron chi connectivity index (χ0n) is 13.8. The molecule has 1 atom stereocenters. The van der Waals surface area contributed by atoms with Gasteiger partial charge in [-0.15, -0.1) is 10.2 Å². The van der Waals surface area contributed by atoms with Crippen molar-refractivity contribution in [2.45, 2.75) is 17.3 Å². The number of carbonyl (C=O) groups is 1. The highest BCUT2D eigenvalue weighted by Crippen LogP contribution is 2.25. The van der Waals surface area contributed by atoms with Crippen molar-refractivity contribution in [3.8, 4) is 5.69 Å². The number of amides is 1. The molecule has 0 radical (unpaired) electrons. The predicted octanol–water partition coefficient (Wildman–Crippen LogP) is 3.29. The molecular formula is C17H15N5O3S. The molecule has 0 unspecified atom stereocenters. The van der Waals surface area contributed by atoms with Crippen molar-refractivity contribution < 1.29 is 9.72 Å². The second-order valence-corrected chi connectivity index (χ2v) is 6.68. The van der Waals surface area contributed by atoms with Crippen molar-refractivity contribution in [1.29, 1.82) is 0 Å². The Morgan fingerprint density at radius 1 is 1.19 bits per heavy atom. The van der Waals surface area contributed by atoms with Gasteiger partial charge in [-0.1, -0.05) is 30.0 Å². The first kappa shape index (κ1) is 17.6. The summed E-state index contributed by atoms with van der Waals surface area (Å²) in [7, 11) is 0. The number of rotatable bonds is 6. The van der Waals surface area contributed by atoms with Crippen LogP contribution in [0.15, 0.2) is 66.1 Å². The van der Waals surface area contributed by atoms with Crippen molar-refractivity contribution in [2.24, 2.45) is 0 Å². The lowest BCUT2D eigenvalue weighted by atomic mass is 10.3. The number of hydrogen-bond acceptors (Lipinski definition) is 6. The Balaban J connectivity index is 1.67. The molecule has 1 aromatic heterocycles. The normalized spacial score (nSPS) is 11.7. The number of benzene rings is 2. The molecule has 9 heteroatoms. The summed E-state index contributed by atoms with van der Waals surface area (Å²) in [4.78, 5) is 22.6. The zero-order valence-corrected chi connectivity index (χ0v) is 14.6. The number of thioether (sulfide) groups is 1. The summed E-state index contributed by atoms with van der Waals surface area (Å²) in [6.07, 6.45) is 1.60. The first-order valence-corrected chi connectivity index (χ1v) is 8.60. The van der Waals surface area contributed by atoms with E-state index in [2.05, 4.69) is 15.5 Å². The van der Waals surface area contributed by atoms with Crippen molar-refractivity contribution >= 4 is 29.0 Å². The molecule has 1 amide bonds. The average Bonchev–Trinajstić information content (AvgIpc) is 3.11. The average molecular weight is 369 g/mol. The van der Waals surface area contributed by atoms with Gasteiger partial charge in [0.05, 0.1) is 10.2 Å². The number of aromatic nitrogens is 3. The van der Waals surface area contributed by atoms with Crippen LogP contribution < -0.4 is 5.32 Å². The minimum Gasteiger partial charge on any atom is -0.325 e. The van der Waals surface area contributed by atoms with Crippen LogP contribution in [0.1, 0.15) is 6.92 Å². The second kappa shape index (κ2) is 7.79. The maximum Gasteiger partial charge on any atom is 0.269 e. The predicted molar refractivity (Wildman–Crippen MR) is 98.4 cm³/mol. The summed E-state index contributed by atoms with van der Waals surface area (Å²) >= 11 is 1.28. The van der Waals surface area contributed by atoms with Gasteiger partial charge in [-0.3, -0.25) is 19.5 Å². The number of nitro benzene ring substituents is 1. The molecule has 0 bridgehead atoms. The van der Waals surface area contributed by atoms with E-state index in [0.29, 0.717) is 10.8 Å². The van der Waals surface area contributed by atoms with Crippen LogP contribution in [0.5, 0.6) is 0 Å². The molecule has 0 saturated heterocycles. The van der Waals surface area contributed by atoms with E-state index in [1.165, 1.54) is 36.0 Å². The molecule has 3 rings (SSSR count). The van der Waals surface area contributed by atoms with Crippen LogP contribution in [0.3, 0.4) is 0 Å². The molecule has 26 heavy (non-hydrogen) atoms. The monoisotopic (exact) mass is 369 g/mol. The number of hydrogen-bond donors (Lipinski definition) is 1. The van der Waals surface area contributed by atoms with E-state index < -0.39 is 10.2 Å². The van der Waals surface area contributed by atoms with Crippen LogP contribution in [0.4, 0.5) is 11.4 Å². The van der Waals surface area contributed by atoms with Gasteiger partial charge in [0.25, 0.3) is 5.69 Å². The highest BCUT2D eigenvalue weighted by molar-refractivity contribution is 8.00. The van der Waals surface area contributed by atoms with Gasteiger partial charge in [-0.05, 0) is 31.2 Å². The lowest BCUT2D eigenvalue weighted by molar-refractivity contribution is -0.384. The van der Waals surface area contributed by atoms with Crippen LogP contribution in [0.2, 0.25) is 0 Å². The number of nitrogens with one attached hydrogen (secondary N) is 1. The van der Waals surface area contributed by atoms with Crippen molar-refractivity contribution in [2.75, 3.05) is 5.32 Å². The molecule has 8 nitrogen and oxygen atoms in total. The Morgan fingerprint density at radius 2 is 1.88 bits per heavy atom. The van der Waals surface area contributed by atoms with Gasteiger partial charge in [0.15, 0.2) is 5.16 Å². The summed E-state index contributed by atoms with van der Waals surface area (Å²) in [6, 6.07) is 15.3. The third-order valence-corrected chi connectivity index (χ3v) is 4.60. The van der Waals surface area contributed by atoms with E-state index in [1.807, 2.05) is 30.3 Å². The van der Waals surface area contributed by atoms with E-state index in [9.17, 15) is 14.9 Å². The largest absolute Gasteiger partial charge is 0.325 e. The Bertz CT molecular complexity index is 912.